The molecular formula is C15H15N3. The van der Waals surface area contributed by atoms with E-state index in [0.717, 1.165) is 12.1 Å². The summed E-state index contributed by atoms with van der Waals surface area (Å²) in [7, 11) is 0. The number of nitriles is 1. The summed E-state index contributed by atoms with van der Waals surface area (Å²) in [6, 6.07) is 16.3. The number of hydrogen-bond acceptors (Lipinski definition) is 3. The SMILES string of the molecule is CC(Cc1ccccc1)Nc1cccnc1C#N. The summed E-state index contributed by atoms with van der Waals surface area (Å²) in [5.74, 6) is 0. The minimum absolute atomic E-state index is 0.253. The minimum Gasteiger partial charge on any atom is -0.380 e. The molecule has 2 rings (SSSR count). The van der Waals surface area contributed by atoms with Gasteiger partial charge in [0, 0.05) is 12.2 Å². The molecule has 0 bridgehead atoms. The van der Waals surface area contributed by atoms with Crippen molar-refractivity contribution in [1.82, 2.24) is 4.98 Å². The first-order valence-electron chi connectivity index (χ1n) is 5.95. The lowest BCUT2D eigenvalue weighted by molar-refractivity contribution is 0.789. The number of hydrogen-bond donors (Lipinski definition) is 1. The molecule has 90 valence electrons. The lowest BCUT2D eigenvalue weighted by atomic mass is 10.1. The highest BCUT2D eigenvalue weighted by Gasteiger charge is 2.07. The van der Waals surface area contributed by atoms with Crippen LogP contribution in [0.1, 0.15) is 18.2 Å². The Kier molecular flexibility index (Phi) is 3.93. The van der Waals surface area contributed by atoms with Gasteiger partial charge in [-0.1, -0.05) is 30.3 Å². The van der Waals surface area contributed by atoms with E-state index in [1.54, 1.807) is 6.20 Å². The molecule has 0 saturated carbocycles. The monoisotopic (exact) mass is 237 g/mol. The lowest BCUT2D eigenvalue weighted by Crippen LogP contribution is -2.18. The van der Waals surface area contributed by atoms with Gasteiger partial charge in [0.2, 0.25) is 0 Å². The Labute approximate surface area is 107 Å². The second kappa shape index (κ2) is 5.83. The molecule has 0 fully saturated rings. The van der Waals surface area contributed by atoms with Crippen LogP contribution in [-0.2, 0) is 6.42 Å². The van der Waals surface area contributed by atoms with Gasteiger partial charge in [-0.15, -0.1) is 0 Å². The van der Waals surface area contributed by atoms with Crippen molar-refractivity contribution in [3.8, 4) is 6.07 Å². The molecule has 1 aromatic carbocycles. The number of nitrogens with zero attached hydrogens (tertiary/aromatic N) is 2. The zero-order valence-corrected chi connectivity index (χ0v) is 10.3. The molecule has 0 aliphatic heterocycles. The standard InChI is InChI=1S/C15H15N3/c1-12(10-13-6-3-2-4-7-13)18-14-8-5-9-17-15(14)11-16/h2-9,12,18H,10H2,1H3. The van der Waals surface area contributed by atoms with E-state index in [1.165, 1.54) is 5.56 Å². The van der Waals surface area contributed by atoms with E-state index in [9.17, 15) is 0 Å². The van der Waals surface area contributed by atoms with Crippen LogP contribution in [-0.4, -0.2) is 11.0 Å². The molecule has 0 aliphatic rings. The Hall–Kier alpha value is -2.34. The molecule has 0 aliphatic carbocycles. The van der Waals surface area contributed by atoms with Crippen LogP contribution in [0.5, 0.6) is 0 Å². The zero-order chi connectivity index (χ0) is 12.8. The molecule has 1 atom stereocenters. The van der Waals surface area contributed by atoms with Crippen molar-refractivity contribution in [2.75, 3.05) is 5.32 Å². The number of anilines is 1. The van der Waals surface area contributed by atoms with E-state index >= 15 is 0 Å². The fraction of sp³-hybridized carbons (Fsp3) is 0.200. The van der Waals surface area contributed by atoms with E-state index in [4.69, 9.17) is 5.26 Å². The zero-order valence-electron chi connectivity index (χ0n) is 10.3. The first kappa shape index (κ1) is 12.1. The Morgan fingerprint density at radius 3 is 2.72 bits per heavy atom. The van der Waals surface area contributed by atoms with Gasteiger partial charge >= 0.3 is 0 Å². The molecule has 1 N–H and O–H groups in total. The lowest BCUT2D eigenvalue weighted by Gasteiger charge is -2.15. The van der Waals surface area contributed by atoms with Crippen LogP contribution in [0.15, 0.2) is 48.7 Å². The van der Waals surface area contributed by atoms with Crippen LogP contribution in [0.3, 0.4) is 0 Å². The molecule has 0 saturated heterocycles. The first-order chi connectivity index (χ1) is 8.79. The Morgan fingerprint density at radius 2 is 2.00 bits per heavy atom. The molecule has 0 radical (unpaired) electrons. The predicted molar refractivity (Wildman–Crippen MR) is 72.2 cm³/mol. The van der Waals surface area contributed by atoms with Crippen molar-refractivity contribution in [3.05, 3.63) is 59.9 Å². The van der Waals surface area contributed by atoms with E-state index < -0.39 is 0 Å². The maximum absolute atomic E-state index is 8.97. The summed E-state index contributed by atoms with van der Waals surface area (Å²) < 4.78 is 0. The third kappa shape index (κ3) is 3.08. The minimum atomic E-state index is 0.253. The molecule has 3 nitrogen and oxygen atoms in total. The topological polar surface area (TPSA) is 48.7 Å². The molecule has 2 aromatic rings. The highest BCUT2D eigenvalue weighted by molar-refractivity contribution is 5.53. The van der Waals surface area contributed by atoms with Crippen molar-refractivity contribution in [3.63, 3.8) is 0 Å². The summed E-state index contributed by atoms with van der Waals surface area (Å²) in [6.45, 7) is 2.10. The Bertz CT molecular complexity index is 543. The summed E-state index contributed by atoms with van der Waals surface area (Å²) in [5.41, 5.74) is 2.51. The number of rotatable bonds is 4. The smallest absolute Gasteiger partial charge is 0.163 e. The van der Waals surface area contributed by atoms with Gasteiger partial charge < -0.3 is 5.32 Å². The van der Waals surface area contributed by atoms with Gasteiger partial charge in [-0.3, -0.25) is 0 Å². The molecule has 0 amide bonds. The summed E-state index contributed by atoms with van der Waals surface area (Å²) in [5, 5.41) is 12.3. The fourth-order valence-electron chi connectivity index (χ4n) is 1.90. The second-order valence-corrected chi connectivity index (χ2v) is 4.25. The van der Waals surface area contributed by atoms with E-state index in [1.807, 2.05) is 30.3 Å². The predicted octanol–water partition coefficient (Wildman–Crippen LogP) is 3.00. The molecule has 18 heavy (non-hydrogen) atoms. The van der Waals surface area contributed by atoms with Gasteiger partial charge in [-0.05, 0) is 31.0 Å². The normalized spacial score (nSPS) is 11.6. The maximum Gasteiger partial charge on any atom is 0.163 e. The molecule has 1 heterocycles. The van der Waals surface area contributed by atoms with Gasteiger partial charge in [0.15, 0.2) is 5.69 Å². The van der Waals surface area contributed by atoms with Crippen LogP contribution in [0.4, 0.5) is 5.69 Å². The summed E-state index contributed by atoms with van der Waals surface area (Å²) in [6.07, 6.45) is 2.55. The molecular weight excluding hydrogens is 222 g/mol. The Balaban J connectivity index is 2.04. The van der Waals surface area contributed by atoms with Crippen LogP contribution < -0.4 is 5.32 Å². The van der Waals surface area contributed by atoms with Crippen molar-refractivity contribution in [1.29, 1.82) is 5.26 Å². The van der Waals surface area contributed by atoms with Gasteiger partial charge in [-0.2, -0.15) is 5.26 Å². The van der Waals surface area contributed by atoms with Crippen LogP contribution in [0.2, 0.25) is 0 Å². The van der Waals surface area contributed by atoms with Crippen molar-refractivity contribution < 1.29 is 0 Å². The molecule has 0 spiro atoms. The van der Waals surface area contributed by atoms with Gasteiger partial charge in [0.05, 0.1) is 5.69 Å². The summed E-state index contributed by atoms with van der Waals surface area (Å²) >= 11 is 0. The average molecular weight is 237 g/mol. The third-order valence-electron chi connectivity index (χ3n) is 2.70. The number of aromatic nitrogens is 1. The van der Waals surface area contributed by atoms with Crippen molar-refractivity contribution >= 4 is 5.69 Å². The van der Waals surface area contributed by atoms with Crippen molar-refractivity contribution in [2.45, 2.75) is 19.4 Å². The van der Waals surface area contributed by atoms with Crippen LogP contribution in [0, 0.1) is 11.3 Å². The van der Waals surface area contributed by atoms with E-state index in [0.29, 0.717) is 5.69 Å². The van der Waals surface area contributed by atoms with Crippen molar-refractivity contribution in [2.24, 2.45) is 0 Å². The fourth-order valence-corrected chi connectivity index (χ4v) is 1.90. The third-order valence-corrected chi connectivity index (χ3v) is 2.70. The first-order valence-corrected chi connectivity index (χ1v) is 5.95. The van der Waals surface area contributed by atoms with Gasteiger partial charge in [0.25, 0.3) is 0 Å². The van der Waals surface area contributed by atoms with Gasteiger partial charge in [0.1, 0.15) is 6.07 Å². The largest absolute Gasteiger partial charge is 0.380 e. The molecule has 3 heteroatoms. The highest BCUT2D eigenvalue weighted by Crippen LogP contribution is 2.14. The number of nitrogens with one attached hydrogen (secondary N) is 1. The average Bonchev–Trinajstić information content (AvgIpc) is 2.40. The van der Waals surface area contributed by atoms with E-state index in [2.05, 4.69) is 35.4 Å². The van der Waals surface area contributed by atoms with Crippen LogP contribution >= 0.6 is 0 Å². The van der Waals surface area contributed by atoms with Crippen LogP contribution in [0.25, 0.3) is 0 Å². The Morgan fingerprint density at radius 1 is 1.22 bits per heavy atom. The number of pyridine rings is 1. The summed E-state index contributed by atoms with van der Waals surface area (Å²) in [4.78, 5) is 4.03. The van der Waals surface area contributed by atoms with Gasteiger partial charge in [-0.25, -0.2) is 4.98 Å². The quantitative estimate of drug-likeness (QED) is 0.889. The highest BCUT2D eigenvalue weighted by atomic mass is 14.9. The molecule has 1 unspecified atom stereocenters. The second-order valence-electron chi connectivity index (χ2n) is 4.25. The maximum atomic E-state index is 8.97. The van der Waals surface area contributed by atoms with E-state index in [-0.39, 0.29) is 6.04 Å². The number of benzene rings is 1. The molecule has 1 aromatic heterocycles.